The van der Waals surface area contributed by atoms with Crippen LogP contribution in [0.4, 0.5) is 5.82 Å². The highest BCUT2D eigenvalue weighted by Crippen LogP contribution is 2.14. The number of piperazine rings is 1. The third kappa shape index (κ3) is 2.17. The molecule has 0 radical (unpaired) electrons. The summed E-state index contributed by atoms with van der Waals surface area (Å²) in [7, 11) is 0. The van der Waals surface area contributed by atoms with E-state index in [0.717, 1.165) is 0 Å². The lowest BCUT2D eigenvalue weighted by atomic mass is 10.2. The Morgan fingerprint density at radius 2 is 2.29 bits per heavy atom. The SMILES string of the molecule is CC1C(=O)NCCN1c1ccc(C(N)=O)nn1. The average Bonchev–Trinajstić information content (AvgIpc) is 2.33. The number of carbonyl (C=O) groups excluding carboxylic acids is 2. The fourth-order valence-electron chi connectivity index (χ4n) is 1.71. The zero-order valence-electron chi connectivity index (χ0n) is 9.38. The Hall–Kier alpha value is -2.18. The lowest BCUT2D eigenvalue weighted by Crippen LogP contribution is -2.54. The summed E-state index contributed by atoms with van der Waals surface area (Å²) in [6.45, 7) is 3.03. The number of anilines is 1. The second-order valence-corrected chi connectivity index (χ2v) is 3.80. The maximum absolute atomic E-state index is 11.5. The predicted molar refractivity (Wildman–Crippen MR) is 60.4 cm³/mol. The van der Waals surface area contributed by atoms with Crippen LogP contribution in [0.2, 0.25) is 0 Å². The van der Waals surface area contributed by atoms with Crippen molar-refractivity contribution in [2.75, 3.05) is 18.0 Å². The summed E-state index contributed by atoms with van der Waals surface area (Å²) in [5, 5.41) is 10.4. The van der Waals surface area contributed by atoms with Crippen molar-refractivity contribution in [1.29, 1.82) is 0 Å². The second kappa shape index (κ2) is 4.36. The molecule has 1 aromatic rings. The largest absolute Gasteiger partial charge is 0.364 e. The number of aromatic nitrogens is 2. The quantitative estimate of drug-likeness (QED) is 0.677. The fourth-order valence-corrected chi connectivity index (χ4v) is 1.71. The Labute approximate surface area is 98.0 Å². The van der Waals surface area contributed by atoms with Crippen LogP contribution in [0, 0.1) is 0 Å². The highest BCUT2D eigenvalue weighted by molar-refractivity contribution is 5.90. The molecule has 2 heterocycles. The molecule has 7 nitrogen and oxygen atoms in total. The van der Waals surface area contributed by atoms with Gasteiger partial charge in [-0.3, -0.25) is 9.59 Å². The minimum Gasteiger partial charge on any atom is -0.364 e. The van der Waals surface area contributed by atoms with E-state index in [4.69, 9.17) is 5.73 Å². The number of nitrogens with two attached hydrogens (primary N) is 1. The van der Waals surface area contributed by atoms with Crippen molar-refractivity contribution in [3.05, 3.63) is 17.8 Å². The van der Waals surface area contributed by atoms with Crippen molar-refractivity contribution in [3.63, 3.8) is 0 Å². The Morgan fingerprint density at radius 3 is 2.88 bits per heavy atom. The minimum absolute atomic E-state index is 0.0444. The molecule has 2 amide bonds. The van der Waals surface area contributed by atoms with Gasteiger partial charge in [0.2, 0.25) is 5.91 Å². The predicted octanol–water partition coefficient (Wildman–Crippen LogP) is -1.10. The highest BCUT2D eigenvalue weighted by Gasteiger charge is 2.26. The van der Waals surface area contributed by atoms with Gasteiger partial charge in [0.25, 0.3) is 5.91 Å². The molecular weight excluding hydrogens is 222 g/mol. The lowest BCUT2D eigenvalue weighted by molar-refractivity contribution is -0.122. The van der Waals surface area contributed by atoms with Crippen molar-refractivity contribution in [1.82, 2.24) is 15.5 Å². The van der Waals surface area contributed by atoms with Crippen molar-refractivity contribution >= 4 is 17.6 Å². The van der Waals surface area contributed by atoms with Crippen LogP contribution in [0.5, 0.6) is 0 Å². The molecule has 1 fully saturated rings. The minimum atomic E-state index is -0.617. The third-order valence-electron chi connectivity index (χ3n) is 2.70. The molecule has 0 bridgehead atoms. The highest BCUT2D eigenvalue weighted by atomic mass is 16.2. The van der Waals surface area contributed by atoms with E-state index in [1.807, 2.05) is 4.90 Å². The molecule has 1 aliphatic rings. The monoisotopic (exact) mass is 235 g/mol. The summed E-state index contributed by atoms with van der Waals surface area (Å²) in [5.41, 5.74) is 5.19. The Kier molecular flexibility index (Phi) is 2.90. The van der Waals surface area contributed by atoms with Gasteiger partial charge < -0.3 is 16.0 Å². The first-order valence-corrected chi connectivity index (χ1v) is 5.27. The van der Waals surface area contributed by atoms with Crippen LogP contribution in [-0.4, -0.2) is 41.1 Å². The van der Waals surface area contributed by atoms with E-state index in [1.165, 1.54) is 6.07 Å². The van der Waals surface area contributed by atoms with E-state index in [-0.39, 0.29) is 17.6 Å². The molecule has 1 atom stereocenters. The zero-order chi connectivity index (χ0) is 12.4. The normalized spacial score (nSPS) is 19.9. The van der Waals surface area contributed by atoms with Crippen molar-refractivity contribution in [2.24, 2.45) is 5.73 Å². The molecule has 0 spiro atoms. The van der Waals surface area contributed by atoms with Gasteiger partial charge >= 0.3 is 0 Å². The first kappa shape index (κ1) is 11.3. The summed E-state index contributed by atoms with van der Waals surface area (Å²) < 4.78 is 0. The van der Waals surface area contributed by atoms with Gasteiger partial charge in [0.1, 0.15) is 6.04 Å². The summed E-state index contributed by atoms with van der Waals surface area (Å²) in [6.07, 6.45) is 0. The molecule has 90 valence electrons. The van der Waals surface area contributed by atoms with Crippen LogP contribution in [-0.2, 0) is 4.79 Å². The van der Waals surface area contributed by atoms with E-state index < -0.39 is 5.91 Å². The van der Waals surface area contributed by atoms with Crippen LogP contribution in [0.25, 0.3) is 0 Å². The van der Waals surface area contributed by atoms with Crippen molar-refractivity contribution in [2.45, 2.75) is 13.0 Å². The first-order chi connectivity index (χ1) is 8.09. The molecule has 0 saturated carbocycles. The van der Waals surface area contributed by atoms with Gasteiger partial charge in [0.05, 0.1) is 0 Å². The molecule has 0 aromatic carbocycles. The third-order valence-corrected chi connectivity index (χ3v) is 2.70. The summed E-state index contributed by atoms with van der Waals surface area (Å²) in [4.78, 5) is 24.2. The number of primary amides is 1. The van der Waals surface area contributed by atoms with Gasteiger partial charge in [0, 0.05) is 13.1 Å². The van der Waals surface area contributed by atoms with Gasteiger partial charge in [-0.25, -0.2) is 0 Å². The van der Waals surface area contributed by atoms with Gasteiger partial charge in [-0.1, -0.05) is 0 Å². The van der Waals surface area contributed by atoms with Crippen LogP contribution >= 0.6 is 0 Å². The smallest absolute Gasteiger partial charge is 0.269 e. The van der Waals surface area contributed by atoms with E-state index in [0.29, 0.717) is 18.9 Å². The Balaban J connectivity index is 2.22. The Bertz CT molecular complexity index is 445. The molecule has 1 aliphatic heterocycles. The molecule has 3 N–H and O–H groups in total. The average molecular weight is 235 g/mol. The molecule has 1 unspecified atom stereocenters. The van der Waals surface area contributed by atoms with Crippen molar-refractivity contribution < 1.29 is 9.59 Å². The first-order valence-electron chi connectivity index (χ1n) is 5.27. The summed E-state index contributed by atoms with van der Waals surface area (Å²) in [6, 6.07) is 2.85. The van der Waals surface area contributed by atoms with Crippen LogP contribution < -0.4 is 16.0 Å². The number of hydrogen-bond donors (Lipinski definition) is 2. The summed E-state index contributed by atoms with van der Waals surface area (Å²) >= 11 is 0. The Morgan fingerprint density at radius 1 is 1.53 bits per heavy atom. The van der Waals surface area contributed by atoms with E-state index in [1.54, 1.807) is 13.0 Å². The molecule has 2 rings (SSSR count). The standard InChI is InChI=1S/C10H13N5O2/c1-6-10(17)12-4-5-15(6)8-3-2-7(9(11)16)13-14-8/h2-3,6H,4-5H2,1H3,(H2,11,16)(H,12,17). The van der Waals surface area contributed by atoms with Crippen LogP contribution in [0.15, 0.2) is 12.1 Å². The van der Waals surface area contributed by atoms with Gasteiger partial charge in [-0.2, -0.15) is 0 Å². The molecule has 7 heteroatoms. The van der Waals surface area contributed by atoms with E-state index >= 15 is 0 Å². The van der Waals surface area contributed by atoms with Crippen LogP contribution in [0.3, 0.4) is 0 Å². The number of hydrogen-bond acceptors (Lipinski definition) is 5. The fraction of sp³-hybridized carbons (Fsp3) is 0.400. The van der Waals surface area contributed by atoms with Gasteiger partial charge in [0.15, 0.2) is 11.5 Å². The molecular formula is C10H13N5O2. The summed E-state index contributed by atoms with van der Waals surface area (Å²) in [5.74, 6) is -0.0946. The van der Waals surface area contributed by atoms with E-state index in [9.17, 15) is 9.59 Å². The lowest BCUT2D eigenvalue weighted by Gasteiger charge is -2.33. The van der Waals surface area contributed by atoms with Gasteiger partial charge in [-0.15, -0.1) is 10.2 Å². The van der Waals surface area contributed by atoms with Crippen LogP contribution in [0.1, 0.15) is 17.4 Å². The number of nitrogens with one attached hydrogen (secondary N) is 1. The number of carbonyl (C=O) groups is 2. The zero-order valence-corrected chi connectivity index (χ0v) is 9.38. The van der Waals surface area contributed by atoms with E-state index in [2.05, 4.69) is 15.5 Å². The molecule has 17 heavy (non-hydrogen) atoms. The second-order valence-electron chi connectivity index (χ2n) is 3.80. The van der Waals surface area contributed by atoms with Gasteiger partial charge in [-0.05, 0) is 19.1 Å². The molecule has 1 saturated heterocycles. The molecule has 0 aliphatic carbocycles. The number of rotatable bonds is 2. The maximum atomic E-state index is 11.5. The number of amides is 2. The maximum Gasteiger partial charge on any atom is 0.269 e. The topological polar surface area (TPSA) is 101 Å². The van der Waals surface area contributed by atoms with Crippen molar-refractivity contribution in [3.8, 4) is 0 Å². The molecule has 1 aromatic heterocycles. The number of nitrogens with zero attached hydrogens (tertiary/aromatic N) is 3.